The van der Waals surface area contributed by atoms with Crippen molar-refractivity contribution in [1.82, 2.24) is 0 Å². The molecule has 0 bridgehead atoms. The fourth-order valence-corrected chi connectivity index (χ4v) is 8.14. The van der Waals surface area contributed by atoms with Crippen LogP contribution >= 0.6 is 0 Å². The fraction of sp³-hybridized carbons (Fsp3) is 0. The van der Waals surface area contributed by atoms with Crippen molar-refractivity contribution in [2.75, 3.05) is 4.90 Å². The highest BCUT2D eigenvalue weighted by Gasteiger charge is 2.21. The highest BCUT2D eigenvalue weighted by Crippen LogP contribution is 2.44. The lowest BCUT2D eigenvalue weighted by atomic mass is 9.98. The van der Waals surface area contributed by atoms with E-state index in [0.717, 1.165) is 88.4 Å². The molecule has 55 heavy (non-hydrogen) atoms. The molecule has 3 nitrogen and oxygen atoms in total. The van der Waals surface area contributed by atoms with Gasteiger partial charge in [0.1, 0.15) is 16.7 Å². The molecule has 2 heterocycles. The van der Waals surface area contributed by atoms with Crippen LogP contribution in [0.3, 0.4) is 0 Å². The van der Waals surface area contributed by atoms with Crippen LogP contribution in [-0.4, -0.2) is 0 Å². The summed E-state index contributed by atoms with van der Waals surface area (Å²) in [4.78, 5) is 2.31. The summed E-state index contributed by atoms with van der Waals surface area (Å²) in [5.41, 5.74) is 13.7. The molecule has 9 aromatic carbocycles. The molecule has 258 valence electrons. The van der Waals surface area contributed by atoms with Gasteiger partial charge in [-0.25, -0.2) is 0 Å². The summed E-state index contributed by atoms with van der Waals surface area (Å²) in [6, 6.07) is 71.0. The van der Waals surface area contributed by atoms with E-state index in [4.69, 9.17) is 8.83 Å². The summed E-state index contributed by atoms with van der Waals surface area (Å²) in [7, 11) is 0. The van der Waals surface area contributed by atoms with Crippen molar-refractivity contribution >= 4 is 71.7 Å². The van der Waals surface area contributed by atoms with Gasteiger partial charge in [0.25, 0.3) is 0 Å². The number of benzene rings is 9. The number of rotatable bonds is 6. The summed E-state index contributed by atoms with van der Waals surface area (Å²) in [6.45, 7) is 0. The van der Waals surface area contributed by atoms with Crippen LogP contribution in [0.25, 0.3) is 88.0 Å². The average Bonchev–Trinajstić information content (AvgIpc) is 3.84. The summed E-state index contributed by atoms with van der Waals surface area (Å²) >= 11 is 0. The number of nitrogens with zero attached hydrogens (tertiary/aromatic N) is 1. The van der Waals surface area contributed by atoms with Gasteiger partial charge in [0.05, 0.1) is 5.69 Å². The number of hydrogen-bond acceptors (Lipinski definition) is 3. The number of para-hydroxylation sites is 2. The van der Waals surface area contributed by atoms with E-state index in [0.29, 0.717) is 0 Å². The molecule has 0 fully saturated rings. The minimum absolute atomic E-state index is 0.856. The standard InChI is InChI=1S/C52H33NO2/c1-2-10-34(11-3-1)38-13-8-14-39(32-38)35-20-26-41(27-21-35)53(48-18-9-17-45-46-30-24-37-12-4-5-15-43(37)51(46)55-52(45)48)42-28-22-36(23-29-42)40-25-31-50-47(33-40)44-16-6-7-19-49(44)54-50/h1-33H. The van der Waals surface area contributed by atoms with Crippen LogP contribution < -0.4 is 4.90 Å². The van der Waals surface area contributed by atoms with E-state index >= 15 is 0 Å². The Balaban J connectivity index is 1.04. The maximum Gasteiger partial charge on any atom is 0.159 e. The van der Waals surface area contributed by atoms with Crippen LogP contribution in [0.1, 0.15) is 0 Å². The first-order valence-corrected chi connectivity index (χ1v) is 18.7. The zero-order chi connectivity index (χ0) is 36.3. The van der Waals surface area contributed by atoms with Crippen molar-refractivity contribution in [3.63, 3.8) is 0 Å². The van der Waals surface area contributed by atoms with Gasteiger partial charge in [-0.05, 0) is 99.4 Å². The summed E-state index contributed by atoms with van der Waals surface area (Å²) in [5.74, 6) is 0. The third kappa shape index (κ3) is 5.28. The van der Waals surface area contributed by atoms with Crippen LogP contribution in [-0.2, 0) is 0 Å². The summed E-state index contributed by atoms with van der Waals surface area (Å²) in [5, 5.41) is 6.73. The molecule has 0 N–H and O–H groups in total. The highest BCUT2D eigenvalue weighted by atomic mass is 16.3. The van der Waals surface area contributed by atoms with E-state index in [2.05, 4.69) is 193 Å². The van der Waals surface area contributed by atoms with Crippen molar-refractivity contribution in [2.45, 2.75) is 0 Å². The number of hydrogen-bond donors (Lipinski definition) is 0. The van der Waals surface area contributed by atoms with E-state index < -0.39 is 0 Å². The molecular formula is C52H33NO2. The van der Waals surface area contributed by atoms with Crippen molar-refractivity contribution < 1.29 is 8.83 Å². The zero-order valence-corrected chi connectivity index (χ0v) is 29.8. The Hall–Kier alpha value is -7.36. The average molecular weight is 704 g/mol. The lowest BCUT2D eigenvalue weighted by Crippen LogP contribution is -2.10. The lowest BCUT2D eigenvalue weighted by molar-refractivity contribution is 0.669. The molecule has 0 saturated heterocycles. The van der Waals surface area contributed by atoms with Crippen LogP contribution in [0.2, 0.25) is 0 Å². The summed E-state index contributed by atoms with van der Waals surface area (Å²) in [6.07, 6.45) is 0. The van der Waals surface area contributed by atoms with Crippen molar-refractivity contribution in [3.8, 4) is 33.4 Å². The second kappa shape index (κ2) is 12.6. The van der Waals surface area contributed by atoms with Gasteiger partial charge in [0.2, 0.25) is 0 Å². The molecular weight excluding hydrogens is 671 g/mol. The Morgan fingerprint density at radius 1 is 0.291 bits per heavy atom. The highest BCUT2D eigenvalue weighted by molar-refractivity contribution is 6.17. The molecule has 0 aliphatic carbocycles. The van der Waals surface area contributed by atoms with Gasteiger partial charge in [-0.3, -0.25) is 0 Å². The molecule has 0 amide bonds. The van der Waals surface area contributed by atoms with Gasteiger partial charge in [0.15, 0.2) is 5.58 Å². The molecule has 3 heteroatoms. The molecule has 0 aliphatic rings. The predicted octanol–water partition coefficient (Wildman–Crippen LogP) is 15.1. The van der Waals surface area contributed by atoms with Crippen LogP contribution in [0.15, 0.2) is 209 Å². The van der Waals surface area contributed by atoms with Gasteiger partial charge in [-0.2, -0.15) is 0 Å². The third-order valence-electron chi connectivity index (χ3n) is 10.9. The number of fused-ring (bicyclic) bond motifs is 8. The molecule has 0 saturated carbocycles. The van der Waals surface area contributed by atoms with Gasteiger partial charge < -0.3 is 13.7 Å². The Morgan fingerprint density at radius 3 is 1.60 bits per heavy atom. The second-order valence-corrected chi connectivity index (χ2v) is 14.1. The SMILES string of the molecule is c1ccc(-c2cccc(-c3ccc(N(c4ccc(-c5ccc6oc7ccccc7c6c5)cc4)c4cccc5c4oc4c6ccccc6ccc54)cc3)c2)cc1. The van der Waals surface area contributed by atoms with Gasteiger partial charge >= 0.3 is 0 Å². The molecule has 11 rings (SSSR count). The van der Waals surface area contributed by atoms with E-state index in [-0.39, 0.29) is 0 Å². The summed E-state index contributed by atoms with van der Waals surface area (Å²) < 4.78 is 13.0. The maximum absolute atomic E-state index is 6.88. The zero-order valence-electron chi connectivity index (χ0n) is 29.8. The van der Waals surface area contributed by atoms with Crippen LogP contribution in [0, 0.1) is 0 Å². The number of anilines is 3. The molecule has 0 unspecified atom stereocenters. The molecule has 0 atom stereocenters. The Labute approximate surface area is 317 Å². The van der Waals surface area contributed by atoms with Gasteiger partial charge in [-0.1, -0.05) is 140 Å². The maximum atomic E-state index is 6.88. The first kappa shape index (κ1) is 31.2. The second-order valence-electron chi connectivity index (χ2n) is 14.1. The quantitative estimate of drug-likeness (QED) is 0.173. The molecule has 0 spiro atoms. The van der Waals surface area contributed by atoms with Crippen molar-refractivity contribution in [2.24, 2.45) is 0 Å². The minimum Gasteiger partial charge on any atom is -0.456 e. The molecule has 0 aliphatic heterocycles. The van der Waals surface area contributed by atoms with Crippen LogP contribution in [0.5, 0.6) is 0 Å². The molecule has 2 aromatic heterocycles. The van der Waals surface area contributed by atoms with E-state index in [9.17, 15) is 0 Å². The largest absolute Gasteiger partial charge is 0.456 e. The minimum atomic E-state index is 0.856. The Bertz CT molecular complexity index is 3190. The topological polar surface area (TPSA) is 29.5 Å². The Morgan fingerprint density at radius 2 is 0.836 bits per heavy atom. The normalized spacial score (nSPS) is 11.6. The number of furan rings is 2. The fourth-order valence-electron chi connectivity index (χ4n) is 8.14. The molecule has 11 aromatic rings. The monoisotopic (exact) mass is 703 g/mol. The van der Waals surface area contributed by atoms with E-state index in [1.165, 1.54) is 16.7 Å². The van der Waals surface area contributed by atoms with Crippen molar-refractivity contribution in [3.05, 3.63) is 200 Å². The Kier molecular flexibility index (Phi) is 7.17. The predicted molar refractivity (Wildman–Crippen MR) is 229 cm³/mol. The lowest BCUT2D eigenvalue weighted by Gasteiger charge is -2.26. The first-order valence-electron chi connectivity index (χ1n) is 18.7. The smallest absolute Gasteiger partial charge is 0.159 e. The van der Waals surface area contributed by atoms with Gasteiger partial charge in [-0.15, -0.1) is 0 Å². The van der Waals surface area contributed by atoms with Crippen molar-refractivity contribution in [1.29, 1.82) is 0 Å². The van der Waals surface area contributed by atoms with E-state index in [1.54, 1.807) is 0 Å². The first-order chi connectivity index (χ1) is 27.2. The van der Waals surface area contributed by atoms with E-state index in [1.807, 2.05) is 12.1 Å². The third-order valence-corrected chi connectivity index (χ3v) is 10.9. The van der Waals surface area contributed by atoms with Crippen LogP contribution in [0.4, 0.5) is 17.1 Å². The molecule has 0 radical (unpaired) electrons. The van der Waals surface area contributed by atoms with Gasteiger partial charge in [0, 0.05) is 38.3 Å².